The van der Waals surface area contributed by atoms with Crippen LogP contribution < -0.4 is 16.4 Å². The van der Waals surface area contributed by atoms with E-state index in [0.717, 1.165) is 25.8 Å². The van der Waals surface area contributed by atoms with Crippen molar-refractivity contribution in [3.63, 3.8) is 0 Å². The van der Waals surface area contributed by atoms with E-state index in [2.05, 4.69) is 10.6 Å². The van der Waals surface area contributed by atoms with E-state index in [1.807, 2.05) is 25.7 Å². The van der Waals surface area contributed by atoms with Crippen molar-refractivity contribution in [1.29, 1.82) is 0 Å². The van der Waals surface area contributed by atoms with Gasteiger partial charge in [0.2, 0.25) is 0 Å². The highest BCUT2D eigenvalue weighted by Crippen LogP contribution is 2.22. The summed E-state index contributed by atoms with van der Waals surface area (Å²) in [6.45, 7) is 6.50. The van der Waals surface area contributed by atoms with Crippen LogP contribution in [0.1, 0.15) is 50.4 Å². The van der Waals surface area contributed by atoms with E-state index in [1.165, 1.54) is 0 Å². The zero-order chi connectivity index (χ0) is 17.7. The van der Waals surface area contributed by atoms with Gasteiger partial charge in [-0.15, -0.1) is 12.4 Å². The highest BCUT2D eigenvalue weighted by molar-refractivity contribution is 5.96. The molecule has 0 aromatic heterocycles. The van der Waals surface area contributed by atoms with Crippen LogP contribution in [-0.2, 0) is 0 Å². The number of nitrogens with two attached hydrogens (primary N) is 1. The Morgan fingerprint density at radius 2 is 1.80 bits per heavy atom. The molecule has 0 aliphatic carbocycles. The number of halogens is 1. The molecule has 1 fully saturated rings. The van der Waals surface area contributed by atoms with Gasteiger partial charge in [-0.2, -0.15) is 0 Å². The van der Waals surface area contributed by atoms with Crippen LogP contribution >= 0.6 is 12.4 Å². The van der Waals surface area contributed by atoms with E-state index >= 15 is 0 Å². The summed E-state index contributed by atoms with van der Waals surface area (Å²) in [5.41, 5.74) is 7.33. The zero-order valence-corrected chi connectivity index (χ0v) is 15.9. The normalized spacial score (nSPS) is 18.3. The number of carbonyl (C=O) groups is 2. The fraction of sp³-hybridized carbons (Fsp3) is 0.556. The number of urea groups is 1. The molecule has 2 rings (SSSR count). The largest absolute Gasteiger partial charge is 0.336 e. The topological polar surface area (TPSA) is 87.5 Å². The minimum Gasteiger partial charge on any atom is -0.336 e. The Hall–Kier alpha value is -1.79. The molecule has 0 saturated carbocycles. The zero-order valence-electron chi connectivity index (χ0n) is 15.1. The fourth-order valence-electron chi connectivity index (χ4n) is 3.05. The molecule has 4 N–H and O–H groups in total. The number of likely N-dealkylation sites (tertiary alicyclic amines) is 1. The first-order valence-corrected chi connectivity index (χ1v) is 8.62. The summed E-state index contributed by atoms with van der Waals surface area (Å²) in [4.78, 5) is 26.4. The number of amides is 3. The summed E-state index contributed by atoms with van der Waals surface area (Å²) in [5, 5.41) is 5.51. The lowest BCUT2D eigenvalue weighted by molar-refractivity contribution is 0.0584. The fourth-order valence-corrected chi connectivity index (χ4v) is 3.05. The van der Waals surface area contributed by atoms with Crippen LogP contribution in [0.3, 0.4) is 0 Å². The van der Waals surface area contributed by atoms with Crippen molar-refractivity contribution in [3.8, 4) is 0 Å². The number of rotatable bonds is 4. The van der Waals surface area contributed by atoms with E-state index in [1.54, 1.807) is 24.3 Å². The van der Waals surface area contributed by atoms with Gasteiger partial charge in [-0.3, -0.25) is 4.79 Å². The summed E-state index contributed by atoms with van der Waals surface area (Å²) in [6, 6.07) is 6.88. The molecule has 7 heteroatoms. The number of nitrogens with zero attached hydrogens (tertiary/aromatic N) is 1. The lowest BCUT2D eigenvalue weighted by Crippen LogP contribution is -2.51. The molecule has 6 nitrogen and oxygen atoms in total. The SMILES string of the molecule is CC(C)NC(=O)Nc1ccc(C(=O)N2CCCCC2C(C)N)cc1.Cl. The standard InChI is InChI=1S/C18H28N4O2.ClH/c1-12(2)20-18(24)21-15-9-7-14(8-10-15)17(23)22-11-5-4-6-16(22)13(3)19;/h7-10,12-13,16H,4-6,11,19H2,1-3H3,(H2,20,21,24);1H. The maximum absolute atomic E-state index is 12.8. The van der Waals surface area contributed by atoms with Gasteiger partial charge < -0.3 is 21.3 Å². The molecule has 0 spiro atoms. The molecule has 0 bridgehead atoms. The Morgan fingerprint density at radius 3 is 2.36 bits per heavy atom. The molecule has 1 aromatic carbocycles. The van der Waals surface area contributed by atoms with Crippen molar-refractivity contribution in [2.45, 2.75) is 58.2 Å². The second-order valence-corrected chi connectivity index (χ2v) is 6.75. The van der Waals surface area contributed by atoms with Crippen LogP contribution in [0.4, 0.5) is 10.5 Å². The smallest absolute Gasteiger partial charge is 0.319 e. The Labute approximate surface area is 155 Å². The minimum atomic E-state index is -0.253. The molecular weight excluding hydrogens is 340 g/mol. The molecule has 1 heterocycles. The summed E-state index contributed by atoms with van der Waals surface area (Å²) in [7, 11) is 0. The van der Waals surface area contributed by atoms with E-state index in [0.29, 0.717) is 11.3 Å². The first kappa shape index (κ1) is 21.3. The third-order valence-corrected chi connectivity index (χ3v) is 4.23. The van der Waals surface area contributed by atoms with Gasteiger partial charge >= 0.3 is 6.03 Å². The maximum atomic E-state index is 12.8. The minimum absolute atomic E-state index is 0. The molecular formula is C18H29ClN4O2. The Morgan fingerprint density at radius 1 is 1.16 bits per heavy atom. The van der Waals surface area contributed by atoms with Crippen molar-refractivity contribution in [3.05, 3.63) is 29.8 Å². The molecule has 1 aliphatic heterocycles. The van der Waals surface area contributed by atoms with E-state index < -0.39 is 0 Å². The van der Waals surface area contributed by atoms with Crippen molar-refractivity contribution >= 4 is 30.0 Å². The van der Waals surface area contributed by atoms with Crippen LogP contribution in [0.15, 0.2) is 24.3 Å². The van der Waals surface area contributed by atoms with E-state index in [-0.39, 0.29) is 42.5 Å². The number of anilines is 1. The number of carbonyl (C=O) groups excluding carboxylic acids is 2. The molecule has 0 radical (unpaired) electrons. The van der Waals surface area contributed by atoms with Gasteiger partial charge in [0.1, 0.15) is 0 Å². The number of nitrogens with one attached hydrogen (secondary N) is 2. The maximum Gasteiger partial charge on any atom is 0.319 e. The summed E-state index contributed by atoms with van der Waals surface area (Å²) >= 11 is 0. The second-order valence-electron chi connectivity index (χ2n) is 6.75. The average molecular weight is 369 g/mol. The van der Waals surface area contributed by atoms with Crippen molar-refractivity contribution in [2.24, 2.45) is 5.73 Å². The third kappa shape index (κ3) is 5.90. The monoisotopic (exact) mass is 368 g/mol. The number of hydrogen-bond acceptors (Lipinski definition) is 3. The highest BCUT2D eigenvalue weighted by Gasteiger charge is 2.29. The molecule has 25 heavy (non-hydrogen) atoms. The van der Waals surface area contributed by atoms with Gasteiger partial charge in [-0.25, -0.2) is 4.79 Å². The van der Waals surface area contributed by atoms with Crippen molar-refractivity contribution in [1.82, 2.24) is 10.2 Å². The Kier molecular flexibility index (Phi) is 8.19. The van der Waals surface area contributed by atoms with Gasteiger partial charge in [-0.1, -0.05) is 0 Å². The van der Waals surface area contributed by atoms with Crippen LogP contribution in [0.25, 0.3) is 0 Å². The van der Waals surface area contributed by atoms with Crippen LogP contribution in [-0.4, -0.2) is 41.5 Å². The number of hydrogen-bond donors (Lipinski definition) is 3. The van der Waals surface area contributed by atoms with Crippen molar-refractivity contribution in [2.75, 3.05) is 11.9 Å². The molecule has 1 aliphatic rings. The molecule has 2 unspecified atom stereocenters. The van der Waals surface area contributed by atoms with E-state index in [9.17, 15) is 9.59 Å². The highest BCUT2D eigenvalue weighted by atomic mass is 35.5. The quantitative estimate of drug-likeness (QED) is 0.763. The summed E-state index contributed by atoms with van der Waals surface area (Å²) < 4.78 is 0. The molecule has 140 valence electrons. The molecule has 1 saturated heterocycles. The third-order valence-electron chi connectivity index (χ3n) is 4.23. The van der Waals surface area contributed by atoms with Gasteiger partial charge in [0, 0.05) is 35.9 Å². The van der Waals surface area contributed by atoms with Crippen LogP contribution in [0, 0.1) is 0 Å². The van der Waals surface area contributed by atoms with Crippen LogP contribution in [0.5, 0.6) is 0 Å². The van der Waals surface area contributed by atoms with Gasteiger partial charge in [0.25, 0.3) is 5.91 Å². The van der Waals surface area contributed by atoms with Gasteiger partial charge in [-0.05, 0) is 64.3 Å². The predicted octanol–water partition coefficient (Wildman–Crippen LogP) is 2.98. The Balaban J connectivity index is 0.00000312. The van der Waals surface area contributed by atoms with Gasteiger partial charge in [0.15, 0.2) is 0 Å². The van der Waals surface area contributed by atoms with Crippen LogP contribution in [0.2, 0.25) is 0 Å². The number of piperidine rings is 1. The average Bonchev–Trinajstić information content (AvgIpc) is 2.54. The molecule has 1 aromatic rings. The molecule has 3 amide bonds. The Bertz CT molecular complexity index is 575. The summed E-state index contributed by atoms with van der Waals surface area (Å²) in [6.07, 6.45) is 3.09. The van der Waals surface area contributed by atoms with Crippen molar-refractivity contribution < 1.29 is 9.59 Å². The number of benzene rings is 1. The summed E-state index contributed by atoms with van der Waals surface area (Å²) in [5.74, 6) is 0.00943. The van der Waals surface area contributed by atoms with E-state index in [4.69, 9.17) is 5.73 Å². The first-order chi connectivity index (χ1) is 11.4. The molecule has 2 atom stereocenters. The van der Waals surface area contributed by atoms with Gasteiger partial charge in [0.05, 0.1) is 0 Å². The lowest BCUT2D eigenvalue weighted by atomic mass is 9.96. The second kappa shape index (κ2) is 9.63. The predicted molar refractivity (Wildman–Crippen MR) is 103 cm³/mol. The first-order valence-electron chi connectivity index (χ1n) is 8.62. The lowest BCUT2D eigenvalue weighted by Gasteiger charge is -2.38.